The first kappa shape index (κ1) is 12.3. The quantitative estimate of drug-likeness (QED) is 0.695. The summed E-state index contributed by atoms with van der Waals surface area (Å²) < 4.78 is 0. The fourth-order valence-corrected chi connectivity index (χ4v) is 2.74. The van der Waals surface area contributed by atoms with Crippen molar-refractivity contribution in [3.05, 3.63) is 83.4 Å². The lowest BCUT2D eigenvalue weighted by Crippen LogP contribution is -1.97. The highest BCUT2D eigenvalue weighted by atomic mass is 32.1. The molecule has 3 rings (SSSR count). The minimum Gasteiger partial charge on any atom is -0.143 e. The van der Waals surface area contributed by atoms with Gasteiger partial charge < -0.3 is 0 Å². The van der Waals surface area contributed by atoms with Crippen molar-refractivity contribution in [3.63, 3.8) is 0 Å². The van der Waals surface area contributed by atoms with Crippen LogP contribution in [0.5, 0.6) is 0 Å². The third-order valence-corrected chi connectivity index (χ3v) is 3.72. The molecule has 1 aliphatic rings. The zero-order chi connectivity index (χ0) is 13.1. The zero-order valence-corrected chi connectivity index (χ0v) is 11.6. The molecule has 0 saturated carbocycles. The summed E-state index contributed by atoms with van der Waals surface area (Å²) in [6.45, 7) is 0. The molecule has 0 saturated heterocycles. The predicted octanol–water partition coefficient (Wildman–Crippen LogP) is 4.91. The summed E-state index contributed by atoms with van der Waals surface area (Å²) >= 11 is 4.46. The highest BCUT2D eigenvalue weighted by Crippen LogP contribution is 2.30. The number of aryl methyl sites for hydroxylation is 1. The van der Waals surface area contributed by atoms with Crippen LogP contribution >= 0.6 is 12.6 Å². The van der Waals surface area contributed by atoms with Crippen LogP contribution in [0, 0.1) is 0 Å². The molecule has 0 N–H and O–H groups in total. The number of rotatable bonds is 1. The largest absolute Gasteiger partial charge is 0.143 e. The molecule has 2 aromatic rings. The van der Waals surface area contributed by atoms with Crippen LogP contribution in [0.3, 0.4) is 0 Å². The van der Waals surface area contributed by atoms with Gasteiger partial charge in [-0.15, -0.1) is 12.6 Å². The maximum absolute atomic E-state index is 4.46. The fraction of sp³-hybridized carbons (Fsp3) is 0.111. The molecule has 0 nitrogen and oxygen atoms in total. The van der Waals surface area contributed by atoms with Crippen LogP contribution in [0.1, 0.15) is 23.1 Å². The van der Waals surface area contributed by atoms with E-state index in [2.05, 4.69) is 79.4 Å². The summed E-state index contributed by atoms with van der Waals surface area (Å²) in [5.41, 5.74) is 5.27. The third kappa shape index (κ3) is 2.66. The molecular weight excluding hydrogens is 248 g/mol. The minimum absolute atomic E-state index is 1.04. The van der Waals surface area contributed by atoms with Crippen LogP contribution in [0.4, 0.5) is 0 Å². The van der Waals surface area contributed by atoms with Crippen molar-refractivity contribution in [1.82, 2.24) is 0 Å². The predicted molar refractivity (Wildman–Crippen MR) is 84.7 cm³/mol. The summed E-state index contributed by atoms with van der Waals surface area (Å²) in [6.07, 6.45) is 8.77. The lowest BCUT2D eigenvalue weighted by atomic mass is 9.90. The Balaban J connectivity index is 2.18. The van der Waals surface area contributed by atoms with Crippen LogP contribution in [-0.4, -0.2) is 0 Å². The number of hydrogen-bond acceptors (Lipinski definition) is 1. The van der Waals surface area contributed by atoms with Crippen LogP contribution in [0.2, 0.25) is 0 Å². The van der Waals surface area contributed by atoms with E-state index in [1.807, 2.05) is 0 Å². The number of thiol groups is 1. The SMILES string of the molecule is Sc1ccc2c(c1)CC/C=C\C=C2c1ccccc1. The molecular formula is C18H16S. The second-order valence-electron chi connectivity index (χ2n) is 4.75. The molecule has 19 heavy (non-hydrogen) atoms. The lowest BCUT2D eigenvalue weighted by molar-refractivity contribution is 0.986. The number of fused-ring (bicyclic) bond motifs is 1. The molecule has 0 heterocycles. The standard InChI is InChI=1S/C18H16S/c19-16-11-12-18-15(13-16)9-5-2-6-10-17(18)14-7-3-1-4-8-14/h1-4,6-8,10-13,19H,5,9H2/b6-2-,17-10?. The van der Waals surface area contributed by atoms with E-state index < -0.39 is 0 Å². The molecule has 0 spiro atoms. The topological polar surface area (TPSA) is 0 Å². The highest BCUT2D eigenvalue weighted by Gasteiger charge is 2.10. The van der Waals surface area contributed by atoms with E-state index in [0.29, 0.717) is 0 Å². The van der Waals surface area contributed by atoms with E-state index in [1.54, 1.807) is 0 Å². The van der Waals surface area contributed by atoms with Crippen LogP contribution < -0.4 is 0 Å². The molecule has 0 atom stereocenters. The maximum Gasteiger partial charge on any atom is 0.00431 e. The highest BCUT2D eigenvalue weighted by molar-refractivity contribution is 7.80. The normalized spacial score (nSPS) is 15.9. The average Bonchev–Trinajstić information content (AvgIpc) is 2.42. The maximum atomic E-state index is 4.46. The van der Waals surface area contributed by atoms with Gasteiger partial charge in [0.25, 0.3) is 0 Å². The summed E-state index contributed by atoms with van der Waals surface area (Å²) in [4.78, 5) is 1.04. The second kappa shape index (κ2) is 5.50. The van der Waals surface area contributed by atoms with E-state index in [0.717, 1.165) is 17.7 Å². The van der Waals surface area contributed by atoms with Gasteiger partial charge in [0.15, 0.2) is 0 Å². The molecule has 94 valence electrons. The van der Waals surface area contributed by atoms with Crippen LogP contribution in [0.15, 0.2) is 71.7 Å². The molecule has 2 aromatic carbocycles. The summed E-state index contributed by atoms with van der Waals surface area (Å²) in [6, 6.07) is 17.0. The van der Waals surface area contributed by atoms with Crippen molar-refractivity contribution in [1.29, 1.82) is 0 Å². The molecule has 0 amide bonds. The van der Waals surface area contributed by atoms with E-state index in [1.165, 1.54) is 22.3 Å². The molecule has 0 radical (unpaired) electrons. The monoisotopic (exact) mass is 264 g/mol. The van der Waals surface area contributed by atoms with Gasteiger partial charge in [-0.3, -0.25) is 0 Å². The Labute approximate surface area is 119 Å². The Morgan fingerprint density at radius 2 is 1.79 bits per heavy atom. The van der Waals surface area contributed by atoms with Gasteiger partial charge in [0.05, 0.1) is 0 Å². The van der Waals surface area contributed by atoms with Gasteiger partial charge in [-0.25, -0.2) is 0 Å². The Kier molecular flexibility index (Phi) is 3.56. The Hall–Kier alpha value is -1.73. The van der Waals surface area contributed by atoms with Gasteiger partial charge in [-0.2, -0.15) is 0 Å². The fourth-order valence-electron chi connectivity index (χ4n) is 2.51. The van der Waals surface area contributed by atoms with E-state index >= 15 is 0 Å². The van der Waals surface area contributed by atoms with Crippen LogP contribution in [0.25, 0.3) is 5.57 Å². The first-order valence-electron chi connectivity index (χ1n) is 6.59. The number of allylic oxidation sites excluding steroid dienone is 3. The smallest absolute Gasteiger partial charge is 0.00431 e. The molecule has 0 fully saturated rings. The molecule has 1 heteroatoms. The first-order chi connectivity index (χ1) is 9.34. The van der Waals surface area contributed by atoms with Gasteiger partial charge in [0, 0.05) is 4.90 Å². The van der Waals surface area contributed by atoms with Crippen LogP contribution in [-0.2, 0) is 6.42 Å². The van der Waals surface area contributed by atoms with Gasteiger partial charge in [-0.05, 0) is 47.2 Å². The molecule has 0 bridgehead atoms. The lowest BCUT2D eigenvalue weighted by Gasteiger charge is -2.15. The second-order valence-corrected chi connectivity index (χ2v) is 5.27. The summed E-state index contributed by atoms with van der Waals surface area (Å²) in [5.74, 6) is 0. The van der Waals surface area contributed by atoms with Crippen molar-refractivity contribution in [2.24, 2.45) is 0 Å². The Morgan fingerprint density at radius 3 is 2.63 bits per heavy atom. The van der Waals surface area contributed by atoms with E-state index in [4.69, 9.17) is 0 Å². The van der Waals surface area contributed by atoms with E-state index in [-0.39, 0.29) is 0 Å². The average molecular weight is 264 g/mol. The van der Waals surface area contributed by atoms with Gasteiger partial charge in [0.2, 0.25) is 0 Å². The first-order valence-corrected chi connectivity index (χ1v) is 7.04. The third-order valence-electron chi connectivity index (χ3n) is 3.44. The number of benzene rings is 2. The molecule has 0 aliphatic heterocycles. The summed E-state index contributed by atoms with van der Waals surface area (Å²) in [5, 5.41) is 0. The van der Waals surface area contributed by atoms with Gasteiger partial charge in [-0.1, -0.05) is 54.6 Å². The minimum atomic E-state index is 1.04. The van der Waals surface area contributed by atoms with Crippen molar-refractivity contribution < 1.29 is 0 Å². The van der Waals surface area contributed by atoms with Crippen molar-refractivity contribution in [2.75, 3.05) is 0 Å². The summed E-state index contributed by atoms with van der Waals surface area (Å²) in [7, 11) is 0. The van der Waals surface area contributed by atoms with Crippen molar-refractivity contribution >= 4 is 18.2 Å². The van der Waals surface area contributed by atoms with E-state index in [9.17, 15) is 0 Å². The van der Waals surface area contributed by atoms with Gasteiger partial charge >= 0.3 is 0 Å². The van der Waals surface area contributed by atoms with Crippen molar-refractivity contribution in [3.8, 4) is 0 Å². The number of hydrogen-bond donors (Lipinski definition) is 1. The van der Waals surface area contributed by atoms with Gasteiger partial charge in [0.1, 0.15) is 0 Å². The molecule has 0 unspecified atom stereocenters. The van der Waals surface area contributed by atoms with Crippen molar-refractivity contribution in [2.45, 2.75) is 17.7 Å². The molecule has 0 aromatic heterocycles. The Bertz CT molecular complexity index is 636. The molecule has 1 aliphatic carbocycles. The Morgan fingerprint density at radius 1 is 0.947 bits per heavy atom. The zero-order valence-electron chi connectivity index (χ0n) is 10.7.